The third-order valence-corrected chi connectivity index (χ3v) is 5.28. The van der Waals surface area contributed by atoms with Crippen LogP contribution in [0.15, 0.2) is 23.1 Å². The molecule has 1 aliphatic rings. The van der Waals surface area contributed by atoms with E-state index in [0.29, 0.717) is 5.56 Å². The first kappa shape index (κ1) is 14.5. The summed E-state index contributed by atoms with van der Waals surface area (Å²) in [5.74, 6) is -0.411. The summed E-state index contributed by atoms with van der Waals surface area (Å²) in [5.41, 5.74) is 0.445. The number of halogens is 1. The molecular formula is C14H20FNO2S. The van der Waals surface area contributed by atoms with Gasteiger partial charge in [0.1, 0.15) is 5.82 Å². The zero-order chi connectivity index (χ0) is 13.9. The van der Waals surface area contributed by atoms with Crippen molar-refractivity contribution in [2.45, 2.75) is 56.4 Å². The van der Waals surface area contributed by atoms with E-state index in [9.17, 15) is 12.8 Å². The first-order valence-corrected chi connectivity index (χ1v) is 8.26. The Balaban J connectivity index is 2.17. The lowest BCUT2D eigenvalue weighted by atomic mass is 10.1. The van der Waals surface area contributed by atoms with Crippen LogP contribution in [0, 0.1) is 12.7 Å². The predicted octanol–water partition coefficient (Wildman–Crippen LogP) is 3.14. The summed E-state index contributed by atoms with van der Waals surface area (Å²) in [6.45, 7) is 1.62. The number of benzene rings is 1. The Morgan fingerprint density at radius 2 is 1.79 bits per heavy atom. The molecule has 5 heteroatoms. The van der Waals surface area contributed by atoms with Crippen LogP contribution in [-0.4, -0.2) is 14.5 Å². The summed E-state index contributed by atoms with van der Waals surface area (Å²) >= 11 is 0. The minimum absolute atomic E-state index is 0.0111. The molecule has 0 bridgehead atoms. The topological polar surface area (TPSA) is 46.2 Å². The first-order chi connectivity index (χ1) is 8.99. The molecule has 0 radical (unpaired) electrons. The SMILES string of the molecule is Cc1cc(F)ccc1S(=O)(=O)NC1CCCCCC1. The van der Waals surface area contributed by atoms with Crippen LogP contribution in [0.25, 0.3) is 0 Å². The predicted molar refractivity (Wildman–Crippen MR) is 72.9 cm³/mol. The van der Waals surface area contributed by atoms with Gasteiger partial charge in [0.25, 0.3) is 0 Å². The maximum atomic E-state index is 13.0. The van der Waals surface area contributed by atoms with Crippen molar-refractivity contribution in [3.63, 3.8) is 0 Å². The quantitative estimate of drug-likeness (QED) is 0.867. The summed E-state index contributed by atoms with van der Waals surface area (Å²) in [7, 11) is -3.54. The fourth-order valence-corrected chi connectivity index (χ4v) is 4.13. The Labute approximate surface area is 114 Å². The van der Waals surface area contributed by atoms with Crippen LogP contribution >= 0.6 is 0 Å². The van der Waals surface area contributed by atoms with Gasteiger partial charge in [-0.3, -0.25) is 0 Å². The normalized spacial score (nSPS) is 18.2. The number of nitrogens with one attached hydrogen (secondary N) is 1. The highest BCUT2D eigenvalue weighted by Crippen LogP contribution is 2.21. The highest BCUT2D eigenvalue weighted by atomic mass is 32.2. The molecule has 0 saturated heterocycles. The molecule has 19 heavy (non-hydrogen) atoms. The van der Waals surface area contributed by atoms with E-state index in [1.807, 2.05) is 0 Å². The lowest BCUT2D eigenvalue weighted by Crippen LogP contribution is -2.34. The van der Waals surface area contributed by atoms with Gasteiger partial charge in [0.2, 0.25) is 10.0 Å². The van der Waals surface area contributed by atoms with E-state index in [1.165, 1.54) is 31.0 Å². The van der Waals surface area contributed by atoms with E-state index in [-0.39, 0.29) is 10.9 Å². The van der Waals surface area contributed by atoms with Crippen molar-refractivity contribution in [3.8, 4) is 0 Å². The van der Waals surface area contributed by atoms with Crippen LogP contribution in [0.3, 0.4) is 0 Å². The van der Waals surface area contributed by atoms with Crippen molar-refractivity contribution in [3.05, 3.63) is 29.6 Å². The van der Waals surface area contributed by atoms with Gasteiger partial charge < -0.3 is 0 Å². The fourth-order valence-electron chi connectivity index (χ4n) is 2.59. The molecule has 0 unspecified atom stereocenters. The number of aryl methyl sites for hydroxylation is 1. The minimum atomic E-state index is -3.54. The molecule has 2 rings (SSSR count). The number of hydrogen-bond acceptors (Lipinski definition) is 2. The van der Waals surface area contributed by atoms with E-state index in [1.54, 1.807) is 6.92 Å². The van der Waals surface area contributed by atoms with Gasteiger partial charge in [0, 0.05) is 6.04 Å². The standard InChI is InChI=1S/C14H20FNO2S/c1-11-10-12(15)8-9-14(11)19(17,18)16-13-6-4-2-3-5-7-13/h8-10,13,16H,2-7H2,1H3. The van der Waals surface area contributed by atoms with Crippen LogP contribution in [0.5, 0.6) is 0 Å². The van der Waals surface area contributed by atoms with Crippen molar-refractivity contribution in [1.29, 1.82) is 0 Å². The third kappa shape index (κ3) is 3.76. The molecule has 1 aliphatic carbocycles. The van der Waals surface area contributed by atoms with Crippen LogP contribution in [0.4, 0.5) is 4.39 Å². The average Bonchev–Trinajstić information content (AvgIpc) is 2.56. The second kappa shape index (κ2) is 6.01. The Bertz CT molecular complexity index is 534. The molecule has 0 heterocycles. The molecule has 0 aliphatic heterocycles. The monoisotopic (exact) mass is 285 g/mol. The minimum Gasteiger partial charge on any atom is -0.208 e. The first-order valence-electron chi connectivity index (χ1n) is 6.77. The molecule has 0 amide bonds. The molecule has 0 atom stereocenters. The molecule has 0 aromatic heterocycles. The van der Waals surface area contributed by atoms with E-state index in [2.05, 4.69) is 4.72 Å². The zero-order valence-corrected chi connectivity index (χ0v) is 12.0. The van der Waals surface area contributed by atoms with Gasteiger partial charge in [-0.25, -0.2) is 17.5 Å². The molecule has 0 spiro atoms. The van der Waals surface area contributed by atoms with Gasteiger partial charge >= 0.3 is 0 Å². The molecule has 106 valence electrons. The number of rotatable bonds is 3. The van der Waals surface area contributed by atoms with Crippen LogP contribution in [0.2, 0.25) is 0 Å². The van der Waals surface area contributed by atoms with Gasteiger partial charge in [-0.1, -0.05) is 25.7 Å². The van der Waals surface area contributed by atoms with E-state index >= 15 is 0 Å². The molecule has 1 aromatic rings. The number of sulfonamides is 1. The van der Waals surface area contributed by atoms with Gasteiger partial charge in [0.05, 0.1) is 4.90 Å². The van der Waals surface area contributed by atoms with Crippen molar-refractivity contribution >= 4 is 10.0 Å². The van der Waals surface area contributed by atoms with Crippen LogP contribution < -0.4 is 4.72 Å². The molecule has 3 nitrogen and oxygen atoms in total. The smallest absolute Gasteiger partial charge is 0.208 e. The summed E-state index contributed by atoms with van der Waals surface area (Å²) in [5, 5.41) is 0. The highest BCUT2D eigenvalue weighted by Gasteiger charge is 2.22. The molecule has 1 N–H and O–H groups in total. The maximum absolute atomic E-state index is 13.0. The Morgan fingerprint density at radius 1 is 1.16 bits per heavy atom. The summed E-state index contributed by atoms with van der Waals surface area (Å²) in [4.78, 5) is 0.179. The lowest BCUT2D eigenvalue weighted by Gasteiger charge is -2.17. The summed E-state index contributed by atoms with van der Waals surface area (Å²) < 4.78 is 40.4. The van der Waals surface area contributed by atoms with E-state index < -0.39 is 15.8 Å². The van der Waals surface area contributed by atoms with E-state index in [4.69, 9.17) is 0 Å². The largest absolute Gasteiger partial charge is 0.241 e. The molecule has 1 fully saturated rings. The second-order valence-corrected chi connectivity index (χ2v) is 6.90. The molecular weight excluding hydrogens is 265 g/mol. The van der Waals surface area contributed by atoms with Crippen molar-refractivity contribution in [2.75, 3.05) is 0 Å². The van der Waals surface area contributed by atoms with Crippen LogP contribution in [0.1, 0.15) is 44.1 Å². The average molecular weight is 285 g/mol. The van der Waals surface area contributed by atoms with Gasteiger partial charge in [0.15, 0.2) is 0 Å². The summed E-state index contributed by atoms with van der Waals surface area (Å²) in [6, 6.07) is 3.79. The highest BCUT2D eigenvalue weighted by molar-refractivity contribution is 7.89. The second-order valence-electron chi connectivity index (χ2n) is 5.22. The van der Waals surface area contributed by atoms with E-state index in [0.717, 1.165) is 25.7 Å². The number of hydrogen-bond donors (Lipinski definition) is 1. The zero-order valence-electron chi connectivity index (χ0n) is 11.2. The van der Waals surface area contributed by atoms with Crippen molar-refractivity contribution in [2.24, 2.45) is 0 Å². The Hall–Kier alpha value is -0.940. The maximum Gasteiger partial charge on any atom is 0.241 e. The lowest BCUT2D eigenvalue weighted by molar-refractivity contribution is 0.509. The van der Waals surface area contributed by atoms with Gasteiger partial charge in [-0.2, -0.15) is 0 Å². The van der Waals surface area contributed by atoms with Crippen molar-refractivity contribution in [1.82, 2.24) is 4.72 Å². The third-order valence-electron chi connectivity index (χ3n) is 3.60. The fraction of sp³-hybridized carbons (Fsp3) is 0.571. The molecule has 1 aromatic carbocycles. The van der Waals surface area contributed by atoms with Gasteiger partial charge in [-0.05, 0) is 43.5 Å². The Kier molecular flexibility index (Phi) is 4.58. The van der Waals surface area contributed by atoms with Gasteiger partial charge in [-0.15, -0.1) is 0 Å². The van der Waals surface area contributed by atoms with Crippen molar-refractivity contribution < 1.29 is 12.8 Å². The summed E-state index contributed by atoms with van der Waals surface area (Å²) in [6.07, 6.45) is 6.26. The molecule has 1 saturated carbocycles. The Morgan fingerprint density at radius 3 is 2.37 bits per heavy atom. The van der Waals surface area contributed by atoms with Crippen LogP contribution in [-0.2, 0) is 10.0 Å².